The van der Waals surface area contributed by atoms with Gasteiger partial charge in [-0.3, -0.25) is 9.59 Å². The molecule has 1 amide bonds. The summed E-state index contributed by atoms with van der Waals surface area (Å²) in [6.07, 6.45) is -2.68. The Morgan fingerprint density at radius 1 is 1.38 bits per heavy atom. The minimum atomic E-state index is -4.39. The van der Waals surface area contributed by atoms with Crippen molar-refractivity contribution in [2.24, 2.45) is 0 Å². The predicted molar refractivity (Wildman–Crippen MR) is 68.7 cm³/mol. The van der Waals surface area contributed by atoms with Crippen molar-refractivity contribution in [1.29, 1.82) is 0 Å². The summed E-state index contributed by atoms with van der Waals surface area (Å²) in [4.78, 5) is 22.8. The number of rotatable bonds is 7. The van der Waals surface area contributed by atoms with Gasteiger partial charge in [0, 0.05) is 19.2 Å². The van der Waals surface area contributed by atoms with Crippen molar-refractivity contribution >= 4 is 11.9 Å². The van der Waals surface area contributed by atoms with E-state index < -0.39 is 18.6 Å². The van der Waals surface area contributed by atoms with Gasteiger partial charge in [-0.25, -0.2) is 0 Å². The van der Waals surface area contributed by atoms with Crippen LogP contribution in [0.4, 0.5) is 13.2 Å². The van der Waals surface area contributed by atoms with Crippen LogP contribution in [0.2, 0.25) is 0 Å². The Kier molecular flexibility index (Phi) is 6.26. The lowest BCUT2D eigenvalue weighted by Crippen LogP contribution is -2.29. The molecular weight excluding hydrogens is 289 g/mol. The van der Waals surface area contributed by atoms with E-state index in [2.05, 4.69) is 5.32 Å². The lowest BCUT2D eigenvalue weighted by atomic mass is 10.3. The first-order valence-corrected chi connectivity index (χ1v) is 6.49. The van der Waals surface area contributed by atoms with Crippen LogP contribution in [0.25, 0.3) is 0 Å². The Morgan fingerprint density at radius 3 is 2.71 bits per heavy atom. The van der Waals surface area contributed by atoms with E-state index in [9.17, 15) is 22.8 Å². The third-order valence-corrected chi connectivity index (χ3v) is 2.56. The van der Waals surface area contributed by atoms with Crippen molar-refractivity contribution in [1.82, 2.24) is 9.88 Å². The number of hydrogen-bond donors (Lipinski definition) is 1. The van der Waals surface area contributed by atoms with Crippen molar-refractivity contribution in [3.8, 4) is 0 Å². The average Bonchev–Trinajstić information content (AvgIpc) is 2.80. The van der Waals surface area contributed by atoms with Gasteiger partial charge in [0.25, 0.3) is 5.91 Å². The third-order valence-electron chi connectivity index (χ3n) is 2.56. The van der Waals surface area contributed by atoms with Crippen LogP contribution in [0, 0.1) is 0 Å². The second-order valence-electron chi connectivity index (χ2n) is 4.30. The number of halogens is 3. The SMILES string of the molecule is CCOC(=O)CCCNC(=O)c1cccn1CC(F)(F)F. The van der Waals surface area contributed by atoms with Crippen LogP contribution < -0.4 is 5.32 Å². The molecule has 118 valence electrons. The van der Waals surface area contributed by atoms with Crippen molar-refractivity contribution in [3.05, 3.63) is 24.0 Å². The lowest BCUT2D eigenvalue weighted by molar-refractivity contribution is -0.143. The molecule has 1 rings (SSSR count). The number of ether oxygens (including phenoxy) is 1. The summed E-state index contributed by atoms with van der Waals surface area (Å²) >= 11 is 0. The predicted octanol–water partition coefficient (Wildman–Crippen LogP) is 2.12. The summed E-state index contributed by atoms with van der Waals surface area (Å²) in [5, 5.41) is 2.47. The van der Waals surface area contributed by atoms with Crippen molar-refractivity contribution < 1.29 is 27.5 Å². The highest BCUT2D eigenvalue weighted by Gasteiger charge is 2.29. The molecular formula is C13H17F3N2O3. The van der Waals surface area contributed by atoms with E-state index in [1.54, 1.807) is 6.92 Å². The maximum absolute atomic E-state index is 12.3. The van der Waals surface area contributed by atoms with Gasteiger partial charge in [0.05, 0.1) is 6.61 Å². The van der Waals surface area contributed by atoms with Crippen molar-refractivity contribution in [3.63, 3.8) is 0 Å². The van der Waals surface area contributed by atoms with E-state index in [1.165, 1.54) is 18.3 Å². The van der Waals surface area contributed by atoms with Crippen LogP contribution in [-0.4, -0.2) is 35.8 Å². The van der Waals surface area contributed by atoms with Crippen LogP contribution >= 0.6 is 0 Å². The number of aromatic nitrogens is 1. The zero-order valence-corrected chi connectivity index (χ0v) is 11.6. The number of carbonyl (C=O) groups excluding carboxylic acids is 2. The van der Waals surface area contributed by atoms with Crippen molar-refractivity contribution in [2.45, 2.75) is 32.5 Å². The van der Waals surface area contributed by atoms with Crippen LogP contribution in [0.15, 0.2) is 18.3 Å². The van der Waals surface area contributed by atoms with Crippen LogP contribution in [0.5, 0.6) is 0 Å². The fraction of sp³-hybridized carbons (Fsp3) is 0.538. The minimum Gasteiger partial charge on any atom is -0.466 e. The molecule has 1 aromatic heterocycles. The molecule has 21 heavy (non-hydrogen) atoms. The van der Waals surface area contributed by atoms with Crippen LogP contribution in [0.1, 0.15) is 30.3 Å². The molecule has 0 aliphatic rings. The summed E-state index contributed by atoms with van der Waals surface area (Å²) in [6, 6.07) is 2.69. The first-order valence-electron chi connectivity index (χ1n) is 6.49. The zero-order chi connectivity index (χ0) is 15.9. The summed E-state index contributed by atoms with van der Waals surface area (Å²) in [7, 11) is 0. The molecule has 0 bridgehead atoms. The summed E-state index contributed by atoms with van der Waals surface area (Å²) in [5.41, 5.74) is -0.0662. The number of nitrogens with zero attached hydrogens (tertiary/aromatic N) is 1. The molecule has 0 saturated carbocycles. The second-order valence-corrected chi connectivity index (χ2v) is 4.30. The first kappa shape index (κ1) is 17.1. The van der Waals surface area contributed by atoms with E-state index in [0.29, 0.717) is 6.42 Å². The van der Waals surface area contributed by atoms with Crippen molar-refractivity contribution in [2.75, 3.05) is 13.2 Å². The Bertz CT molecular complexity index is 483. The number of esters is 1. The molecule has 0 spiro atoms. The topological polar surface area (TPSA) is 60.3 Å². The minimum absolute atomic E-state index is 0.0662. The highest BCUT2D eigenvalue weighted by molar-refractivity contribution is 5.92. The molecule has 0 radical (unpaired) electrons. The first-order chi connectivity index (χ1) is 9.83. The van der Waals surface area contributed by atoms with E-state index in [4.69, 9.17) is 4.74 Å². The highest BCUT2D eigenvalue weighted by atomic mass is 19.4. The monoisotopic (exact) mass is 306 g/mol. The van der Waals surface area contributed by atoms with Gasteiger partial charge < -0.3 is 14.6 Å². The number of carbonyl (C=O) groups is 2. The second kappa shape index (κ2) is 7.70. The summed E-state index contributed by atoms with van der Waals surface area (Å²) in [5.74, 6) is -0.972. The molecule has 1 N–H and O–H groups in total. The molecule has 0 aliphatic carbocycles. The van der Waals surface area contributed by atoms with Gasteiger partial charge >= 0.3 is 12.1 Å². The van der Waals surface area contributed by atoms with Gasteiger partial charge in [-0.1, -0.05) is 0 Å². The Labute approximate surface area is 120 Å². The molecule has 5 nitrogen and oxygen atoms in total. The third kappa shape index (κ3) is 6.33. The van der Waals surface area contributed by atoms with Crippen LogP contribution in [-0.2, 0) is 16.1 Å². The number of hydrogen-bond acceptors (Lipinski definition) is 3. The average molecular weight is 306 g/mol. The summed E-state index contributed by atoms with van der Waals surface area (Å²) in [6.45, 7) is 0.949. The molecule has 0 saturated heterocycles. The molecule has 0 aliphatic heterocycles. The van der Waals surface area contributed by atoms with E-state index in [-0.39, 0.29) is 31.2 Å². The normalized spacial score (nSPS) is 11.2. The lowest BCUT2D eigenvalue weighted by Gasteiger charge is -2.11. The largest absolute Gasteiger partial charge is 0.466 e. The number of amides is 1. The standard InChI is InChI=1S/C13H17F3N2O3/c1-2-21-11(19)6-3-7-17-12(20)10-5-4-8-18(10)9-13(14,15)16/h4-5,8H,2-3,6-7,9H2,1H3,(H,17,20). The molecule has 0 fully saturated rings. The number of alkyl halides is 3. The smallest absolute Gasteiger partial charge is 0.406 e. The van der Waals surface area contributed by atoms with E-state index >= 15 is 0 Å². The Balaban J connectivity index is 2.43. The molecule has 8 heteroatoms. The fourth-order valence-corrected chi connectivity index (χ4v) is 1.71. The molecule has 0 atom stereocenters. The zero-order valence-electron chi connectivity index (χ0n) is 11.6. The Hall–Kier alpha value is -1.99. The quantitative estimate of drug-likeness (QED) is 0.620. The molecule has 1 heterocycles. The van der Waals surface area contributed by atoms with Crippen LogP contribution in [0.3, 0.4) is 0 Å². The highest BCUT2D eigenvalue weighted by Crippen LogP contribution is 2.18. The van der Waals surface area contributed by atoms with Gasteiger partial charge in [0.1, 0.15) is 12.2 Å². The van der Waals surface area contributed by atoms with Gasteiger partial charge in [0.2, 0.25) is 0 Å². The maximum atomic E-state index is 12.3. The molecule has 0 aromatic carbocycles. The summed E-state index contributed by atoms with van der Waals surface area (Å²) < 4.78 is 42.5. The van der Waals surface area contributed by atoms with E-state index in [1.807, 2.05) is 0 Å². The Morgan fingerprint density at radius 2 is 2.10 bits per heavy atom. The fourth-order valence-electron chi connectivity index (χ4n) is 1.71. The van der Waals surface area contributed by atoms with E-state index in [0.717, 1.165) is 4.57 Å². The van der Waals surface area contributed by atoms with Gasteiger partial charge in [0.15, 0.2) is 0 Å². The number of nitrogens with one attached hydrogen (secondary N) is 1. The van der Waals surface area contributed by atoms with Gasteiger partial charge in [-0.2, -0.15) is 13.2 Å². The molecule has 0 unspecified atom stereocenters. The van der Waals surface area contributed by atoms with Gasteiger partial charge in [-0.15, -0.1) is 0 Å². The molecule has 1 aromatic rings. The maximum Gasteiger partial charge on any atom is 0.406 e. The van der Waals surface area contributed by atoms with Gasteiger partial charge in [-0.05, 0) is 25.5 Å².